The lowest BCUT2D eigenvalue weighted by atomic mass is 9.84. The Morgan fingerprint density at radius 2 is 2.06 bits per heavy atom. The van der Waals surface area contributed by atoms with E-state index in [1.54, 1.807) is 18.2 Å². The fraction of sp³-hybridized carbons (Fsp3) is 0.500. The van der Waals surface area contributed by atoms with Gasteiger partial charge in [0.2, 0.25) is 0 Å². The Kier molecular flexibility index (Phi) is 4.18. The number of halogens is 1. The molecule has 4 heteroatoms. The van der Waals surface area contributed by atoms with Crippen molar-refractivity contribution in [1.29, 1.82) is 0 Å². The van der Waals surface area contributed by atoms with Crippen molar-refractivity contribution in [2.24, 2.45) is 5.92 Å². The Bertz CT molecular complexity index is 419. The third-order valence-corrected chi connectivity index (χ3v) is 3.39. The van der Waals surface area contributed by atoms with E-state index in [2.05, 4.69) is 0 Å². The molecular formula is C14H17FO3. The van der Waals surface area contributed by atoms with Crippen molar-refractivity contribution in [1.82, 2.24) is 0 Å². The van der Waals surface area contributed by atoms with Gasteiger partial charge in [-0.1, -0.05) is 18.6 Å². The zero-order valence-corrected chi connectivity index (χ0v) is 10.1. The van der Waals surface area contributed by atoms with Crippen LogP contribution in [-0.4, -0.2) is 17.2 Å². The monoisotopic (exact) mass is 252 g/mol. The van der Waals surface area contributed by atoms with Gasteiger partial charge in [-0.2, -0.15) is 0 Å². The predicted molar refractivity (Wildman–Crippen MR) is 65.0 cm³/mol. The number of para-hydroxylation sites is 1. The van der Waals surface area contributed by atoms with E-state index in [0.717, 1.165) is 25.7 Å². The second-order valence-electron chi connectivity index (χ2n) is 4.73. The van der Waals surface area contributed by atoms with Gasteiger partial charge in [0.1, 0.15) is 6.10 Å². The lowest BCUT2D eigenvalue weighted by Gasteiger charge is -2.31. The van der Waals surface area contributed by atoms with Gasteiger partial charge in [-0.25, -0.2) is 4.39 Å². The van der Waals surface area contributed by atoms with Crippen LogP contribution in [0, 0.1) is 11.7 Å². The number of carbonyl (C=O) groups is 1. The Labute approximate surface area is 106 Å². The highest BCUT2D eigenvalue weighted by molar-refractivity contribution is 5.67. The van der Waals surface area contributed by atoms with Crippen molar-refractivity contribution >= 4 is 5.97 Å². The Balaban J connectivity index is 2.05. The molecule has 0 aromatic heterocycles. The van der Waals surface area contributed by atoms with Crippen molar-refractivity contribution in [3.8, 4) is 5.75 Å². The Hall–Kier alpha value is -1.58. The van der Waals surface area contributed by atoms with Gasteiger partial charge in [0, 0.05) is 5.92 Å². The highest BCUT2D eigenvalue weighted by atomic mass is 19.1. The van der Waals surface area contributed by atoms with Crippen LogP contribution < -0.4 is 4.74 Å². The normalized spacial score (nSPS) is 23.6. The first-order valence-corrected chi connectivity index (χ1v) is 6.30. The van der Waals surface area contributed by atoms with E-state index < -0.39 is 11.8 Å². The predicted octanol–water partition coefficient (Wildman–Crippen LogP) is 3.24. The second-order valence-corrected chi connectivity index (χ2v) is 4.73. The molecule has 1 aliphatic carbocycles. The zero-order valence-electron chi connectivity index (χ0n) is 10.1. The number of benzene rings is 1. The summed E-state index contributed by atoms with van der Waals surface area (Å²) in [6, 6.07) is 6.26. The average Bonchev–Trinajstić information content (AvgIpc) is 2.34. The summed E-state index contributed by atoms with van der Waals surface area (Å²) in [4.78, 5) is 10.8. The third kappa shape index (κ3) is 3.22. The van der Waals surface area contributed by atoms with E-state index in [0.29, 0.717) is 0 Å². The molecule has 1 fully saturated rings. The molecule has 2 unspecified atom stereocenters. The molecule has 0 aliphatic heterocycles. The second kappa shape index (κ2) is 5.85. The van der Waals surface area contributed by atoms with E-state index >= 15 is 0 Å². The number of carboxylic acid groups (broad SMARTS) is 1. The molecule has 1 aromatic carbocycles. The molecule has 0 heterocycles. The maximum Gasteiger partial charge on any atom is 0.303 e. The van der Waals surface area contributed by atoms with Crippen LogP contribution in [0.15, 0.2) is 24.3 Å². The van der Waals surface area contributed by atoms with Gasteiger partial charge in [-0.3, -0.25) is 4.79 Å². The molecule has 1 aromatic rings. The lowest BCUT2D eigenvalue weighted by molar-refractivity contribution is -0.139. The molecule has 0 spiro atoms. The minimum atomic E-state index is -0.816. The lowest BCUT2D eigenvalue weighted by Crippen LogP contribution is -2.32. The van der Waals surface area contributed by atoms with Crippen LogP contribution >= 0.6 is 0 Å². The fourth-order valence-electron chi connectivity index (χ4n) is 2.49. The first-order chi connectivity index (χ1) is 8.66. The van der Waals surface area contributed by atoms with Crippen molar-refractivity contribution < 1.29 is 19.0 Å². The summed E-state index contributed by atoms with van der Waals surface area (Å²) in [7, 11) is 0. The van der Waals surface area contributed by atoms with Crippen molar-refractivity contribution in [2.45, 2.75) is 38.2 Å². The van der Waals surface area contributed by atoms with Gasteiger partial charge in [0.05, 0.1) is 6.42 Å². The van der Waals surface area contributed by atoms with Crippen molar-refractivity contribution in [3.63, 3.8) is 0 Å². The quantitative estimate of drug-likeness (QED) is 0.894. The first kappa shape index (κ1) is 12.9. The van der Waals surface area contributed by atoms with Crippen molar-refractivity contribution in [2.75, 3.05) is 0 Å². The molecule has 2 rings (SSSR count). The van der Waals surface area contributed by atoms with Crippen LogP contribution in [0.5, 0.6) is 5.75 Å². The van der Waals surface area contributed by atoms with Crippen LogP contribution in [0.1, 0.15) is 32.1 Å². The highest BCUT2D eigenvalue weighted by Gasteiger charge is 2.29. The summed E-state index contributed by atoms with van der Waals surface area (Å²) in [5.41, 5.74) is 0. The highest BCUT2D eigenvalue weighted by Crippen LogP contribution is 2.31. The van der Waals surface area contributed by atoms with E-state index in [9.17, 15) is 9.18 Å². The maximum atomic E-state index is 13.5. The van der Waals surface area contributed by atoms with Crippen molar-refractivity contribution in [3.05, 3.63) is 30.1 Å². The topological polar surface area (TPSA) is 46.5 Å². The number of hydrogen-bond acceptors (Lipinski definition) is 2. The number of ether oxygens (including phenoxy) is 1. The van der Waals surface area contributed by atoms with Crippen LogP contribution in [0.2, 0.25) is 0 Å². The maximum absolute atomic E-state index is 13.5. The number of carboxylic acids is 1. The summed E-state index contributed by atoms with van der Waals surface area (Å²) in [5, 5.41) is 8.87. The summed E-state index contributed by atoms with van der Waals surface area (Å²) in [6.07, 6.45) is 3.58. The fourth-order valence-corrected chi connectivity index (χ4v) is 2.49. The van der Waals surface area contributed by atoms with Gasteiger partial charge in [-0.05, 0) is 31.4 Å². The van der Waals surface area contributed by atoms with Gasteiger partial charge in [0.25, 0.3) is 0 Å². The average molecular weight is 252 g/mol. The smallest absolute Gasteiger partial charge is 0.303 e. The van der Waals surface area contributed by atoms with Crippen LogP contribution in [0.4, 0.5) is 4.39 Å². The molecule has 0 bridgehead atoms. The van der Waals surface area contributed by atoms with E-state index in [-0.39, 0.29) is 24.2 Å². The minimum absolute atomic E-state index is 0.0177. The Morgan fingerprint density at radius 3 is 2.78 bits per heavy atom. The number of aliphatic carboxylic acids is 1. The molecule has 18 heavy (non-hydrogen) atoms. The first-order valence-electron chi connectivity index (χ1n) is 6.30. The summed E-state index contributed by atoms with van der Waals surface area (Å²) in [5.74, 6) is -1.00. The van der Waals surface area contributed by atoms with Crippen LogP contribution in [-0.2, 0) is 4.79 Å². The van der Waals surface area contributed by atoms with E-state index in [1.807, 2.05) is 0 Å². The SMILES string of the molecule is O=C(O)CC1CCCCC1Oc1ccccc1F. The largest absolute Gasteiger partial charge is 0.487 e. The molecule has 1 N–H and O–H groups in total. The molecule has 2 atom stereocenters. The van der Waals surface area contributed by atoms with Gasteiger partial charge < -0.3 is 9.84 Å². The molecule has 0 saturated heterocycles. The molecule has 3 nitrogen and oxygen atoms in total. The molecule has 98 valence electrons. The van der Waals surface area contributed by atoms with Crippen LogP contribution in [0.25, 0.3) is 0 Å². The standard InChI is InChI=1S/C14H17FO3/c15-11-6-2-4-8-13(11)18-12-7-3-1-5-10(12)9-14(16)17/h2,4,6,8,10,12H,1,3,5,7,9H2,(H,16,17). The summed E-state index contributed by atoms with van der Waals surface area (Å²) < 4.78 is 19.2. The molecule has 1 saturated carbocycles. The molecule has 0 radical (unpaired) electrons. The van der Waals surface area contributed by atoms with E-state index in [4.69, 9.17) is 9.84 Å². The van der Waals surface area contributed by atoms with Gasteiger partial charge in [-0.15, -0.1) is 0 Å². The molecule has 1 aliphatic rings. The van der Waals surface area contributed by atoms with E-state index in [1.165, 1.54) is 6.07 Å². The third-order valence-electron chi connectivity index (χ3n) is 3.39. The summed E-state index contributed by atoms with van der Waals surface area (Å²) in [6.45, 7) is 0. The number of hydrogen-bond donors (Lipinski definition) is 1. The minimum Gasteiger partial charge on any atom is -0.487 e. The van der Waals surface area contributed by atoms with Gasteiger partial charge >= 0.3 is 5.97 Å². The molecule has 0 amide bonds. The number of rotatable bonds is 4. The van der Waals surface area contributed by atoms with Crippen LogP contribution in [0.3, 0.4) is 0 Å². The zero-order chi connectivity index (χ0) is 13.0. The molecular weight excluding hydrogens is 235 g/mol. The van der Waals surface area contributed by atoms with Gasteiger partial charge in [0.15, 0.2) is 11.6 Å². The summed E-state index contributed by atoms with van der Waals surface area (Å²) >= 11 is 0. The Morgan fingerprint density at radius 1 is 1.33 bits per heavy atom.